The summed E-state index contributed by atoms with van der Waals surface area (Å²) in [4.78, 5) is 21.0. The standard InChI is InChI=1S/C28H34N4OS/c1-3-31(4-2)17-6-5-9-26(33)22-14-15-25-27(18-22)34-28-30-24(19-32(25)28)21-12-10-20(11-13-21)23-8-7-16-29-23/h10-15,18-19,23,29H,3-9,16-17H2,1-2H3/t23-/m1/s1. The van der Waals surface area contributed by atoms with Gasteiger partial charge in [-0.3, -0.25) is 9.20 Å². The molecule has 1 N–H and O–H groups in total. The Balaban J connectivity index is 1.28. The van der Waals surface area contributed by atoms with Gasteiger partial charge in [0.25, 0.3) is 0 Å². The Hall–Kier alpha value is -2.54. The molecular formula is C28H34N4OS. The molecule has 5 nitrogen and oxygen atoms in total. The van der Waals surface area contributed by atoms with E-state index >= 15 is 0 Å². The first-order valence-electron chi connectivity index (χ1n) is 12.7. The van der Waals surface area contributed by atoms with Gasteiger partial charge in [-0.2, -0.15) is 0 Å². The van der Waals surface area contributed by atoms with E-state index < -0.39 is 0 Å². The minimum absolute atomic E-state index is 0.241. The Kier molecular flexibility index (Phi) is 7.09. The molecule has 1 saturated heterocycles. The maximum Gasteiger partial charge on any atom is 0.195 e. The maximum atomic E-state index is 12.8. The van der Waals surface area contributed by atoms with Gasteiger partial charge in [-0.1, -0.05) is 49.4 Å². The number of carbonyl (C=O) groups is 1. The molecule has 0 radical (unpaired) electrons. The SMILES string of the molecule is CCN(CC)CCCCC(=O)c1ccc2c(c1)sc1nc(-c3ccc([C@H]4CCCN4)cc3)cn12. The number of ketones is 1. The van der Waals surface area contributed by atoms with Crippen molar-refractivity contribution in [2.45, 2.75) is 52.0 Å². The van der Waals surface area contributed by atoms with Gasteiger partial charge in [0.05, 0.1) is 15.9 Å². The van der Waals surface area contributed by atoms with Gasteiger partial charge in [-0.15, -0.1) is 0 Å². The number of imidazole rings is 1. The highest BCUT2D eigenvalue weighted by Gasteiger charge is 2.17. The van der Waals surface area contributed by atoms with Crippen LogP contribution in [0, 0.1) is 0 Å². The molecule has 1 fully saturated rings. The zero-order valence-electron chi connectivity index (χ0n) is 20.2. The molecule has 2 aromatic heterocycles. The summed E-state index contributed by atoms with van der Waals surface area (Å²) in [7, 11) is 0. The first kappa shape index (κ1) is 23.2. The van der Waals surface area contributed by atoms with Gasteiger partial charge in [0.2, 0.25) is 0 Å². The molecule has 5 rings (SSSR count). The number of fused-ring (bicyclic) bond motifs is 3. The highest BCUT2D eigenvalue weighted by molar-refractivity contribution is 7.23. The van der Waals surface area contributed by atoms with Crippen LogP contribution < -0.4 is 5.32 Å². The van der Waals surface area contributed by atoms with Crippen LogP contribution in [-0.4, -0.2) is 46.2 Å². The topological polar surface area (TPSA) is 49.6 Å². The molecular weight excluding hydrogens is 440 g/mol. The number of hydrogen-bond donors (Lipinski definition) is 1. The summed E-state index contributed by atoms with van der Waals surface area (Å²) in [6.45, 7) is 8.72. The number of aromatic nitrogens is 2. The van der Waals surface area contributed by atoms with Gasteiger partial charge in [-0.05, 0) is 75.6 Å². The minimum Gasteiger partial charge on any atom is -0.310 e. The average Bonchev–Trinajstić information content (AvgIpc) is 3.60. The molecule has 1 aliphatic rings. The number of hydrogen-bond acceptors (Lipinski definition) is 5. The summed E-state index contributed by atoms with van der Waals surface area (Å²) in [5.41, 5.74) is 5.42. The molecule has 34 heavy (non-hydrogen) atoms. The van der Waals surface area contributed by atoms with Gasteiger partial charge in [0.1, 0.15) is 0 Å². The van der Waals surface area contributed by atoms with E-state index in [1.54, 1.807) is 11.3 Å². The van der Waals surface area contributed by atoms with Crippen molar-refractivity contribution < 1.29 is 4.79 Å². The first-order valence-corrected chi connectivity index (χ1v) is 13.5. The molecule has 0 spiro atoms. The highest BCUT2D eigenvalue weighted by Crippen LogP contribution is 2.31. The number of Topliss-reactive ketones (excluding diaryl/α,β-unsaturated/α-hetero) is 1. The van der Waals surface area contributed by atoms with Crippen LogP contribution in [0.3, 0.4) is 0 Å². The Bertz CT molecular complexity index is 1260. The third kappa shape index (κ3) is 4.81. The zero-order valence-corrected chi connectivity index (χ0v) is 21.0. The predicted molar refractivity (Wildman–Crippen MR) is 142 cm³/mol. The van der Waals surface area contributed by atoms with E-state index in [4.69, 9.17) is 4.98 Å². The fourth-order valence-corrected chi connectivity index (χ4v) is 6.02. The van der Waals surface area contributed by atoms with Gasteiger partial charge >= 0.3 is 0 Å². The zero-order chi connectivity index (χ0) is 23.5. The van der Waals surface area contributed by atoms with E-state index in [9.17, 15) is 4.79 Å². The van der Waals surface area contributed by atoms with Crippen LogP contribution in [0.1, 0.15) is 67.9 Å². The summed E-state index contributed by atoms with van der Waals surface area (Å²) in [6.07, 6.45) is 7.22. The lowest BCUT2D eigenvalue weighted by molar-refractivity contribution is 0.0978. The molecule has 4 aromatic rings. The van der Waals surface area contributed by atoms with Crippen molar-refractivity contribution in [3.63, 3.8) is 0 Å². The van der Waals surface area contributed by atoms with E-state index in [0.717, 1.165) is 71.0 Å². The normalized spacial score (nSPS) is 16.3. The third-order valence-corrected chi connectivity index (χ3v) is 8.13. The summed E-state index contributed by atoms with van der Waals surface area (Å²) in [5, 5.41) is 3.56. The number of rotatable bonds is 10. The van der Waals surface area contributed by atoms with E-state index in [1.165, 1.54) is 18.4 Å². The van der Waals surface area contributed by atoms with Crippen molar-refractivity contribution in [1.82, 2.24) is 19.6 Å². The maximum absolute atomic E-state index is 12.8. The molecule has 0 aliphatic carbocycles. The summed E-state index contributed by atoms with van der Waals surface area (Å²) < 4.78 is 3.27. The van der Waals surface area contributed by atoms with Crippen molar-refractivity contribution in [1.29, 1.82) is 0 Å². The van der Waals surface area contributed by atoms with Crippen molar-refractivity contribution >= 4 is 32.3 Å². The fraction of sp³-hybridized carbons (Fsp3) is 0.429. The summed E-state index contributed by atoms with van der Waals surface area (Å²) in [5.74, 6) is 0.241. The summed E-state index contributed by atoms with van der Waals surface area (Å²) in [6, 6.07) is 15.4. The number of nitrogens with one attached hydrogen (secondary N) is 1. The van der Waals surface area contributed by atoms with E-state index in [2.05, 4.69) is 65.0 Å². The van der Waals surface area contributed by atoms with Crippen molar-refractivity contribution in [2.75, 3.05) is 26.2 Å². The van der Waals surface area contributed by atoms with Crippen molar-refractivity contribution in [2.24, 2.45) is 0 Å². The predicted octanol–water partition coefficient (Wildman–Crippen LogP) is 6.34. The Morgan fingerprint density at radius 3 is 2.71 bits per heavy atom. The van der Waals surface area contributed by atoms with Crippen LogP contribution >= 0.6 is 11.3 Å². The monoisotopic (exact) mass is 474 g/mol. The van der Waals surface area contributed by atoms with E-state index in [1.807, 2.05) is 12.1 Å². The number of carbonyl (C=O) groups excluding carboxylic acids is 1. The average molecular weight is 475 g/mol. The third-order valence-electron chi connectivity index (χ3n) is 7.11. The molecule has 6 heteroatoms. The van der Waals surface area contributed by atoms with Crippen LogP contribution in [0.15, 0.2) is 48.7 Å². The van der Waals surface area contributed by atoms with Crippen molar-refractivity contribution in [3.8, 4) is 11.3 Å². The van der Waals surface area contributed by atoms with Crippen molar-refractivity contribution in [3.05, 3.63) is 59.8 Å². The Labute approximate surface area is 205 Å². The number of benzene rings is 2. The lowest BCUT2D eigenvalue weighted by Crippen LogP contribution is -2.24. The molecule has 1 atom stereocenters. The quantitative estimate of drug-likeness (QED) is 0.215. The molecule has 3 heterocycles. The molecule has 0 bridgehead atoms. The molecule has 178 valence electrons. The van der Waals surface area contributed by atoms with E-state index in [-0.39, 0.29) is 5.78 Å². The van der Waals surface area contributed by atoms with Crippen LogP contribution in [-0.2, 0) is 0 Å². The largest absolute Gasteiger partial charge is 0.310 e. The molecule has 0 amide bonds. The number of nitrogens with zero attached hydrogens (tertiary/aromatic N) is 3. The van der Waals surface area contributed by atoms with Crippen LogP contribution in [0.5, 0.6) is 0 Å². The highest BCUT2D eigenvalue weighted by atomic mass is 32.1. The van der Waals surface area contributed by atoms with Crippen LogP contribution in [0.4, 0.5) is 0 Å². The summed E-state index contributed by atoms with van der Waals surface area (Å²) >= 11 is 1.65. The van der Waals surface area contributed by atoms with Crippen LogP contribution in [0.2, 0.25) is 0 Å². The molecule has 0 saturated carbocycles. The smallest absolute Gasteiger partial charge is 0.195 e. The molecule has 2 aromatic carbocycles. The Morgan fingerprint density at radius 1 is 1.15 bits per heavy atom. The second kappa shape index (κ2) is 10.4. The minimum atomic E-state index is 0.241. The molecule has 0 unspecified atom stereocenters. The van der Waals surface area contributed by atoms with Gasteiger partial charge in [0.15, 0.2) is 10.7 Å². The number of thiazole rings is 1. The van der Waals surface area contributed by atoms with Gasteiger partial charge in [-0.25, -0.2) is 4.98 Å². The molecule has 1 aliphatic heterocycles. The van der Waals surface area contributed by atoms with Gasteiger partial charge < -0.3 is 10.2 Å². The Morgan fingerprint density at radius 2 is 1.97 bits per heavy atom. The number of unbranched alkanes of at least 4 members (excludes halogenated alkanes) is 1. The lowest BCUT2D eigenvalue weighted by Gasteiger charge is -2.17. The second-order valence-corrected chi connectivity index (χ2v) is 10.3. The van der Waals surface area contributed by atoms with Gasteiger partial charge in [0, 0.05) is 29.8 Å². The van der Waals surface area contributed by atoms with E-state index in [0.29, 0.717) is 12.5 Å². The second-order valence-electron chi connectivity index (χ2n) is 9.24. The van der Waals surface area contributed by atoms with Crippen LogP contribution in [0.25, 0.3) is 26.4 Å². The first-order chi connectivity index (χ1) is 16.7. The fourth-order valence-electron chi connectivity index (χ4n) is 4.97. The lowest BCUT2D eigenvalue weighted by atomic mass is 10.0.